The van der Waals surface area contributed by atoms with Crippen molar-refractivity contribution in [1.82, 2.24) is 15.1 Å². The Balaban J connectivity index is 1.95. The van der Waals surface area contributed by atoms with Crippen molar-refractivity contribution in [2.75, 3.05) is 0 Å². The molecule has 0 aliphatic heterocycles. The molecule has 0 aromatic carbocycles. The lowest BCUT2D eigenvalue weighted by Crippen LogP contribution is -2.36. The van der Waals surface area contributed by atoms with Gasteiger partial charge in [-0.2, -0.15) is 5.10 Å². The van der Waals surface area contributed by atoms with Crippen LogP contribution in [0.5, 0.6) is 0 Å². The third-order valence-electron chi connectivity index (χ3n) is 4.45. The van der Waals surface area contributed by atoms with Gasteiger partial charge in [0.25, 0.3) is 0 Å². The smallest absolute Gasteiger partial charge is 0.0739 e. The van der Waals surface area contributed by atoms with Crippen LogP contribution in [-0.2, 0) is 13.6 Å². The average Bonchev–Trinajstić information content (AvgIpc) is 2.66. The number of aromatic nitrogens is 2. The Labute approximate surface area is 125 Å². The zero-order valence-electron chi connectivity index (χ0n) is 12.4. The van der Waals surface area contributed by atoms with Crippen molar-refractivity contribution in [3.05, 3.63) is 15.9 Å². The van der Waals surface area contributed by atoms with Gasteiger partial charge in [-0.15, -0.1) is 0 Å². The van der Waals surface area contributed by atoms with Gasteiger partial charge in [0.05, 0.1) is 15.9 Å². The molecule has 0 radical (unpaired) electrons. The lowest BCUT2D eigenvalue weighted by molar-refractivity contribution is 0.260. The van der Waals surface area contributed by atoms with E-state index in [1.807, 2.05) is 18.7 Å². The highest BCUT2D eigenvalue weighted by molar-refractivity contribution is 9.10. The van der Waals surface area contributed by atoms with Crippen molar-refractivity contribution >= 4 is 15.9 Å². The van der Waals surface area contributed by atoms with Gasteiger partial charge in [-0.25, -0.2) is 0 Å². The Bertz CT molecular complexity index is 408. The van der Waals surface area contributed by atoms with Crippen molar-refractivity contribution in [2.45, 2.75) is 65.0 Å². The maximum atomic E-state index is 4.46. The van der Waals surface area contributed by atoms with Crippen LogP contribution < -0.4 is 5.32 Å². The fourth-order valence-electron chi connectivity index (χ4n) is 3.28. The van der Waals surface area contributed by atoms with Gasteiger partial charge in [-0.3, -0.25) is 4.68 Å². The summed E-state index contributed by atoms with van der Waals surface area (Å²) in [5, 5.41) is 8.22. The Morgan fingerprint density at radius 3 is 2.58 bits per heavy atom. The fourth-order valence-corrected chi connectivity index (χ4v) is 3.76. The minimum atomic E-state index is 0.655. The molecular formula is C15H26BrN3. The van der Waals surface area contributed by atoms with Gasteiger partial charge in [0.2, 0.25) is 0 Å². The summed E-state index contributed by atoms with van der Waals surface area (Å²) in [5.74, 6) is 0.867. The van der Waals surface area contributed by atoms with Crippen LogP contribution >= 0.6 is 15.9 Å². The summed E-state index contributed by atoms with van der Waals surface area (Å²) in [4.78, 5) is 0. The van der Waals surface area contributed by atoms with Crippen molar-refractivity contribution in [2.24, 2.45) is 13.0 Å². The molecule has 2 rings (SSSR count). The maximum Gasteiger partial charge on any atom is 0.0739 e. The first-order chi connectivity index (χ1) is 9.13. The lowest BCUT2D eigenvalue weighted by Gasteiger charge is -2.30. The molecule has 1 fully saturated rings. The van der Waals surface area contributed by atoms with E-state index in [0.29, 0.717) is 6.04 Å². The number of rotatable bonds is 5. The molecule has 0 bridgehead atoms. The number of nitrogens with zero attached hydrogens (tertiary/aromatic N) is 2. The molecule has 1 unspecified atom stereocenters. The second-order valence-electron chi connectivity index (χ2n) is 5.76. The van der Waals surface area contributed by atoms with Crippen molar-refractivity contribution in [1.29, 1.82) is 0 Å². The molecule has 1 atom stereocenters. The molecule has 1 N–H and O–H groups in total. The van der Waals surface area contributed by atoms with Crippen molar-refractivity contribution < 1.29 is 0 Å². The molecule has 1 aromatic rings. The molecule has 108 valence electrons. The summed E-state index contributed by atoms with van der Waals surface area (Å²) in [5.41, 5.74) is 2.33. The van der Waals surface area contributed by atoms with Crippen molar-refractivity contribution in [3.8, 4) is 0 Å². The van der Waals surface area contributed by atoms with E-state index in [4.69, 9.17) is 0 Å². The number of nitrogens with one attached hydrogen (secondary N) is 1. The molecule has 4 heteroatoms. The normalized spacial score (nSPS) is 18.7. The first kappa shape index (κ1) is 15.0. The predicted octanol–water partition coefficient (Wildman–Crippen LogP) is 3.94. The zero-order chi connectivity index (χ0) is 13.8. The monoisotopic (exact) mass is 327 g/mol. The maximum absolute atomic E-state index is 4.46. The van der Waals surface area contributed by atoms with Crippen LogP contribution in [0.1, 0.15) is 56.8 Å². The molecule has 3 nitrogen and oxygen atoms in total. The molecular weight excluding hydrogens is 302 g/mol. The van der Waals surface area contributed by atoms with E-state index in [2.05, 4.69) is 33.3 Å². The van der Waals surface area contributed by atoms with Crippen LogP contribution in [0.3, 0.4) is 0 Å². The van der Waals surface area contributed by atoms with Gasteiger partial charge in [0.15, 0.2) is 0 Å². The molecule has 0 amide bonds. The van der Waals surface area contributed by atoms with E-state index in [9.17, 15) is 0 Å². The van der Waals surface area contributed by atoms with E-state index in [1.165, 1.54) is 44.2 Å². The van der Waals surface area contributed by atoms with Crippen LogP contribution in [0.4, 0.5) is 0 Å². The van der Waals surface area contributed by atoms with Crippen LogP contribution in [-0.4, -0.2) is 15.8 Å². The van der Waals surface area contributed by atoms with E-state index >= 15 is 0 Å². The van der Waals surface area contributed by atoms with Gasteiger partial charge in [-0.05, 0) is 48.0 Å². The van der Waals surface area contributed by atoms with Gasteiger partial charge in [0, 0.05) is 19.6 Å². The molecule has 0 spiro atoms. The standard InChI is InChI=1S/C15H26BrN3/c1-4-13(12-8-6-5-7-9-12)17-10-14-15(16)11(2)18-19(14)3/h12-13,17H,4-10H2,1-3H3. The molecule has 1 saturated carbocycles. The van der Waals surface area contributed by atoms with Gasteiger partial charge in [0.1, 0.15) is 0 Å². The second-order valence-corrected chi connectivity index (χ2v) is 6.56. The molecule has 1 heterocycles. The van der Waals surface area contributed by atoms with Crippen LogP contribution in [0.2, 0.25) is 0 Å². The SMILES string of the molecule is CCC(NCc1c(Br)c(C)nn1C)C1CCCCC1. The highest BCUT2D eigenvalue weighted by Gasteiger charge is 2.22. The van der Waals surface area contributed by atoms with Crippen LogP contribution in [0.25, 0.3) is 0 Å². The number of halogens is 1. The Hall–Kier alpha value is -0.350. The van der Waals surface area contributed by atoms with Crippen LogP contribution in [0, 0.1) is 12.8 Å². The highest BCUT2D eigenvalue weighted by atomic mass is 79.9. The van der Waals surface area contributed by atoms with Gasteiger partial charge < -0.3 is 5.32 Å². The topological polar surface area (TPSA) is 29.9 Å². The zero-order valence-corrected chi connectivity index (χ0v) is 14.0. The first-order valence-electron chi connectivity index (χ1n) is 7.54. The second kappa shape index (κ2) is 6.89. The van der Waals surface area contributed by atoms with Crippen molar-refractivity contribution in [3.63, 3.8) is 0 Å². The summed E-state index contributed by atoms with van der Waals surface area (Å²) in [6.45, 7) is 5.26. The fraction of sp³-hybridized carbons (Fsp3) is 0.800. The van der Waals surface area contributed by atoms with E-state index < -0.39 is 0 Å². The highest BCUT2D eigenvalue weighted by Crippen LogP contribution is 2.28. The quantitative estimate of drug-likeness (QED) is 0.887. The summed E-state index contributed by atoms with van der Waals surface area (Å²) < 4.78 is 3.14. The van der Waals surface area contributed by atoms with Crippen LogP contribution in [0.15, 0.2) is 4.47 Å². The Morgan fingerprint density at radius 1 is 1.37 bits per heavy atom. The molecule has 1 aromatic heterocycles. The van der Waals surface area contributed by atoms with Gasteiger partial charge >= 0.3 is 0 Å². The average molecular weight is 328 g/mol. The summed E-state index contributed by atoms with van der Waals surface area (Å²) in [7, 11) is 2.02. The molecule has 1 aliphatic rings. The molecule has 19 heavy (non-hydrogen) atoms. The number of aryl methyl sites for hydroxylation is 2. The summed E-state index contributed by atoms with van der Waals surface area (Å²) in [6, 6.07) is 0.655. The summed E-state index contributed by atoms with van der Waals surface area (Å²) >= 11 is 3.65. The predicted molar refractivity (Wildman–Crippen MR) is 83.1 cm³/mol. The van der Waals surface area contributed by atoms with E-state index in [1.54, 1.807) is 0 Å². The largest absolute Gasteiger partial charge is 0.308 e. The Kier molecular flexibility index (Phi) is 5.46. The summed E-state index contributed by atoms with van der Waals surface area (Å²) in [6.07, 6.45) is 8.28. The molecule has 0 saturated heterocycles. The Morgan fingerprint density at radius 2 is 2.05 bits per heavy atom. The first-order valence-corrected chi connectivity index (χ1v) is 8.34. The molecule has 1 aliphatic carbocycles. The third kappa shape index (κ3) is 3.60. The minimum absolute atomic E-state index is 0.655. The van der Waals surface area contributed by atoms with E-state index in [0.717, 1.165) is 22.6 Å². The number of hydrogen-bond acceptors (Lipinski definition) is 2. The number of hydrogen-bond donors (Lipinski definition) is 1. The third-order valence-corrected chi connectivity index (χ3v) is 5.48. The minimum Gasteiger partial charge on any atom is -0.308 e. The van der Waals surface area contributed by atoms with E-state index in [-0.39, 0.29) is 0 Å². The lowest BCUT2D eigenvalue weighted by atomic mass is 9.83. The van der Waals surface area contributed by atoms with Gasteiger partial charge in [-0.1, -0.05) is 26.2 Å².